The maximum Gasteiger partial charge on any atom is 0.244 e. The van der Waals surface area contributed by atoms with E-state index in [0.717, 1.165) is 10.5 Å². The molecule has 0 aliphatic carbocycles. The van der Waals surface area contributed by atoms with E-state index in [-0.39, 0.29) is 4.90 Å². The SMILES string of the molecule is CSc1ccc(CN(C)S(=O)(=O)c2ccccc2Br)cc1. The maximum absolute atomic E-state index is 12.6. The van der Waals surface area contributed by atoms with Crippen molar-refractivity contribution < 1.29 is 8.42 Å². The molecule has 0 saturated heterocycles. The molecule has 0 amide bonds. The van der Waals surface area contributed by atoms with E-state index in [0.29, 0.717) is 11.0 Å². The van der Waals surface area contributed by atoms with Crippen LogP contribution >= 0.6 is 27.7 Å². The summed E-state index contributed by atoms with van der Waals surface area (Å²) in [5, 5.41) is 0. The minimum absolute atomic E-state index is 0.285. The fourth-order valence-electron chi connectivity index (χ4n) is 1.89. The quantitative estimate of drug-likeness (QED) is 0.730. The molecule has 0 atom stereocenters. The van der Waals surface area contributed by atoms with Crippen LogP contribution in [0.3, 0.4) is 0 Å². The van der Waals surface area contributed by atoms with E-state index in [1.54, 1.807) is 43.1 Å². The van der Waals surface area contributed by atoms with Crippen molar-refractivity contribution in [1.29, 1.82) is 0 Å². The molecule has 0 radical (unpaired) electrons. The summed E-state index contributed by atoms with van der Waals surface area (Å²) in [5.74, 6) is 0. The van der Waals surface area contributed by atoms with Crippen LogP contribution < -0.4 is 0 Å². The molecule has 0 aliphatic heterocycles. The Morgan fingerprint density at radius 2 is 1.71 bits per heavy atom. The van der Waals surface area contributed by atoms with Gasteiger partial charge < -0.3 is 0 Å². The molecule has 0 aromatic heterocycles. The Labute approximate surface area is 138 Å². The number of hydrogen-bond acceptors (Lipinski definition) is 3. The van der Waals surface area contributed by atoms with Gasteiger partial charge >= 0.3 is 0 Å². The number of sulfonamides is 1. The second-order valence-electron chi connectivity index (χ2n) is 4.54. The van der Waals surface area contributed by atoms with E-state index in [9.17, 15) is 8.42 Å². The van der Waals surface area contributed by atoms with Gasteiger partial charge in [-0.05, 0) is 52.0 Å². The zero-order valence-electron chi connectivity index (χ0n) is 11.8. The van der Waals surface area contributed by atoms with Crippen LogP contribution in [-0.2, 0) is 16.6 Å². The fourth-order valence-corrected chi connectivity index (χ4v) is 4.42. The fraction of sp³-hybridized carbons (Fsp3) is 0.200. The van der Waals surface area contributed by atoms with Crippen molar-refractivity contribution in [1.82, 2.24) is 4.31 Å². The van der Waals surface area contributed by atoms with Crippen LogP contribution in [-0.4, -0.2) is 26.0 Å². The highest BCUT2D eigenvalue weighted by molar-refractivity contribution is 9.10. The molecule has 112 valence electrons. The molecular formula is C15H16BrNO2S2. The Balaban J connectivity index is 2.22. The first kappa shape index (κ1) is 16.5. The predicted molar refractivity (Wildman–Crippen MR) is 91.0 cm³/mol. The second-order valence-corrected chi connectivity index (χ2v) is 8.29. The summed E-state index contributed by atoms with van der Waals surface area (Å²) in [6, 6.07) is 14.8. The standard InChI is InChI=1S/C15H16BrNO2S2/c1-17(11-12-7-9-13(20-2)10-8-12)21(18,19)15-6-4-3-5-14(15)16/h3-10H,11H2,1-2H3. The van der Waals surface area contributed by atoms with Crippen LogP contribution in [0.1, 0.15) is 5.56 Å². The van der Waals surface area contributed by atoms with Gasteiger partial charge in [0.05, 0.1) is 4.90 Å². The van der Waals surface area contributed by atoms with Crippen LogP contribution in [0.5, 0.6) is 0 Å². The van der Waals surface area contributed by atoms with Gasteiger partial charge in [0.15, 0.2) is 0 Å². The molecule has 0 spiro atoms. The molecule has 0 saturated carbocycles. The van der Waals surface area contributed by atoms with Gasteiger partial charge in [0.1, 0.15) is 0 Å². The zero-order chi connectivity index (χ0) is 15.5. The third-order valence-electron chi connectivity index (χ3n) is 3.09. The smallest absolute Gasteiger partial charge is 0.207 e. The summed E-state index contributed by atoms with van der Waals surface area (Å²) in [4.78, 5) is 1.45. The minimum Gasteiger partial charge on any atom is -0.207 e. The highest BCUT2D eigenvalue weighted by Crippen LogP contribution is 2.25. The molecule has 0 aliphatic rings. The normalized spacial score (nSPS) is 11.8. The molecule has 0 N–H and O–H groups in total. The highest BCUT2D eigenvalue weighted by atomic mass is 79.9. The lowest BCUT2D eigenvalue weighted by atomic mass is 10.2. The van der Waals surface area contributed by atoms with Gasteiger partial charge in [-0.2, -0.15) is 4.31 Å². The number of hydrogen-bond donors (Lipinski definition) is 0. The molecule has 2 rings (SSSR count). The average molecular weight is 386 g/mol. The van der Waals surface area contributed by atoms with Crippen LogP contribution in [0.2, 0.25) is 0 Å². The van der Waals surface area contributed by atoms with Gasteiger partial charge in [-0.3, -0.25) is 0 Å². The van der Waals surface area contributed by atoms with Gasteiger partial charge in [0.2, 0.25) is 10.0 Å². The molecule has 2 aromatic rings. The van der Waals surface area contributed by atoms with Crippen molar-refractivity contribution >= 4 is 37.7 Å². The monoisotopic (exact) mass is 385 g/mol. The molecule has 0 unspecified atom stereocenters. The van der Waals surface area contributed by atoms with Crippen molar-refractivity contribution in [2.24, 2.45) is 0 Å². The summed E-state index contributed by atoms with van der Waals surface area (Å²) in [7, 11) is -1.91. The first-order valence-electron chi connectivity index (χ1n) is 6.29. The first-order chi connectivity index (χ1) is 9.95. The number of thioether (sulfide) groups is 1. The van der Waals surface area contributed by atoms with Gasteiger partial charge in [-0.15, -0.1) is 11.8 Å². The molecule has 3 nitrogen and oxygen atoms in total. The second kappa shape index (κ2) is 6.96. The van der Waals surface area contributed by atoms with Gasteiger partial charge in [0.25, 0.3) is 0 Å². The summed E-state index contributed by atoms with van der Waals surface area (Å²) >= 11 is 4.96. The number of rotatable bonds is 5. The van der Waals surface area contributed by atoms with Gasteiger partial charge in [-0.25, -0.2) is 8.42 Å². The van der Waals surface area contributed by atoms with E-state index in [1.807, 2.05) is 30.5 Å². The number of benzene rings is 2. The van der Waals surface area contributed by atoms with E-state index in [4.69, 9.17) is 0 Å². The topological polar surface area (TPSA) is 37.4 Å². The third kappa shape index (κ3) is 3.88. The maximum atomic E-state index is 12.6. The van der Waals surface area contributed by atoms with Gasteiger partial charge in [0, 0.05) is 23.0 Å². The lowest BCUT2D eigenvalue weighted by Crippen LogP contribution is -2.26. The Morgan fingerprint density at radius 1 is 1.10 bits per heavy atom. The molecule has 0 bridgehead atoms. The van der Waals surface area contributed by atoms with Crippen molar-refractivity contribution in [3.8, 4) is 0 Å². The minimum atomic E-state index is -3.50. The zero-order valence-corrected chi connectivity index (χ0v) is 15.0. The third-order valence-corrected chi connectivity index (χ3v) is 6.65. The van der Waals surface area contributed by atoms with Crippen molar-refractivity contribution in [3.63, 3.8) is 0 Å². The van der Waals surface area contributed by atoms with E-state index in [2.05, 4.69) is 15.9 Å². The molecule has 6 heteroatoms. The highest BCUT2D eigenvalue weighted by Gasteiger charge is 2.22. The van der Waals surface area contributed by atoms with E-state index < -0.39 is 10.0 Å². The number of halogens is 1. The Morgan fingerprint density at radius 3 is 2.29 bits per heavy atom. The molecule has 2 aromatic carbocycles. The predicted octanol–water partition coefficient (Wildman–Crippen LogP) is 3.99. The Bertz CT molecular complexity index is 715. The van der Waals surface area contributed by atoms with Gasteiger partial charge in [-0.1, -0.05) is 24.3 Å². The summed E-state index contributed by atoms with van der Waals surface area (Å²) in [6.45, 7) is 0.346. The van der Waals surface area contributed by atoms with Crippen LogP contribution in [0.4, 0.5) is 0 Å². The van der Waals surface area contributed by atoms with Crippen LogP contribution in [0.25, 0.3) is 0 Å². The van der Waals surface area contributed by atoms with Crippen molar-refractivity contribution in [2.75, 3.05) is 13.3 Å². The largest absolute Gasteiger partial charge is 0.244 e. The van der Waals surface area contributed by atoms with Crippen molar-refractivity contribution in [2.45, 2.75) is 16.3 Å². The molecule has 21 heavy (non-hydrogen) atoms. The first-order valence-corrected chi connectivity index (χ1v) is 9.74. The summed E-state index contributed by atoms with van der Waals surface area (Å²) in [6.07, 6.45) is 2.01. The summed E-state index contributed by atoms with van der Waals surface area (Å²) < 4.78 is 27.1. The average Bonchev–Trinajstić information content (AvgIpc) is 2.48. The molecular weight excluding hydrogens is 370 g/mol. The molecule has 0 heterocycles. The van der Waals surface area contributed by atoms with E-state index >= 15 is 0 Å². The van der Waals surface area contributed by atoms with E-state index in [1.165, 1.54) is 4.31 Å². The number of nitrogens with zero attached hydrogens (tertiary/aromatic N) is 1. The Hall–Kier alpha value is -0.820. The van der Waals surface area contributed by atoms with Crippen LogP contribution in [0.15, 0.2) is 62.8 Å². The van der Waals surface area contributed by atoms with Crippen LogP contribution in [0, 0.1) is 0 Å². The Kier molecular flexibility index (Phi) is 5.48. The molecule has 0 fully saturated rings. The lowest BCUT2D eigenvalue weighted by Gasteiger charge is -2.18. The lowest BCUT2D eigenvalue weighted by molar-refractivity contribution is 0.466. The van der Waals surface area contributed by atoms with Crippen molar-refractivity contribution in [3.05, 3.63) is 58.6 Å². The summed E-state index contributed by atoms with van der Waals surface area (Å²) in [5.41, 5.74) is 0.964.